The molecule has 1 heteroatoms. The van der Waals surface area contributed by atoms with Gasteiger partial charge in [-0.2, -0.15) is 0 Å². The van der Waals surface area contributed by atoms with E-state index in [9.17, 15) is 0 Å². The Morgan fingerprint density at radius 2 is 1.88 bits per heavy atom. The van der Waals surface area contributed by atoms with Crippen molar-refractivity contribution in [2.75, 3.05) is 0 Å². The summed E-state index contributed by atoms with van der Waals surface area (Å²) in [4.78, 5) is 0. The molecule has 0 bridgehead atoms. The molecular formula is C25H31N. The van der Waals surface area contributed by atoms with Crippen molar-refractivity contribution in [2.24, 2.45) is 11.8 Å². The summed E-state index contributed by atoms with van der Waals surface area (Å²) in [6.07, 6.45) is 30.6. The van der Waals surface area contributed by atoms with Gasteiger partial charge in [-0.05, 0) is 86.0 Å². The smallest absolute Gasteiger partial charge is 0.0338 e. The fourth-order valence-electron chi connectivity index (χ4n) is 4.50. The fourth-order valence-corrected chi connectivity index (χ4v) is 4.50. The van der Waals surface area contributed by atoms with Crippen LogP contribution in [0, 0.1) is 11.8 Å². The predicted octanol–water partition coefficient (Wildman–Crippen LogP) is 6.66. The van der Waals surface area contributed by atoms with Crippen molar-refractivity contribution in [1.29, 1.82) is 0 Å². The van der Waals surface area contributed by atoms with Crippen LogP contribution in [0.15, 0.2) is 82.8 Å². The number of rotatable bonds is 4. The van der Waals surface area contributed by atoms with Crippen LogP contribution < -0.4 is 5.32 Å². The second kappa shape index (κ2) is 8.12. The summed E-state index contributed by atoms with van der Waals surface area (Å²) in [5.74, 6) is 1.33. The van der Waals surface area contributed by atoms with Crippen molar-refractivity contribution in [3.63, 3.8) is 0 Å². The summed E-state index contributed by atoms with van der Waals surface area (Å²) in [5.41, 5.74) is 7.47. The molecule has 136 valence electrons. The molecule has 0 heterocycles. The number of nitrogens with one attached hydrogen (secondary N) is 1. The predicted molar refractivity (Wildman–Crippen MR) is 111 cm³/mol. The van der Waals surface area contributed by atoms with Crippen LogP contribution in [0.3, 0.4) is 0 Å². The van der Waals surface area contributed by atoms with Gasteiger partial charge in [0.1, 0.15) is 0 Å². The van der Waals surface area contributed by atoms with Gasteiger partial charge < -0.3 is 5.32 Å². The van der Waals surface area contributed by atoms with Crippen molar-refractivity contribution in [1.82, 2.24) is 5.32 Å². The standard InChI is InChI=1S/C25H31N/c1-19-14-16-23(17-15-19)26-25-13-6-5-12-24(25)22-11-7-10-21(18-22)20-8-3-2-4-9-20/h2-3,5,8,10,12,14,16-17,19,22,26H,4,6-7,9,11,13,15,18H2,1H3. The Hall–Kier alpha value is -2.02. The lowest BCUT2D eigenvalue weighted by Crippen LogP contribution is -2.21. The minimum Gasteiger partial charge on any atom is -0.359 e. The van der Waals surface area contributed by atoms with Gasteiger partial charge in [0.25, 0.3) is 0 Å². The quantitative estimate of drug-likeness (QED) is 0.600. The molecule has 0 spiro atoms. The molecule has 0 fully saturated rings. The third-order valence-corrected chi connectivity index (χ3v) is 6.05. The lowest BCUT2D eigenvalue weighted by Gasteiger charge is -2.30. The van der Waals surface area contributed by atoms with Crippen molar-refractivity contribution in [2.45, 2.75) is 58.3 Å². The van der Waals surface area contributed by atoms with E-state index in [1.54, 1.807) is 16.7 Å². The van der Waals surface area contributed by atoms with Crippen molar-refractivity contribution in [3.8, 4) is 0 Å². The second-order valence-electron chi connectivity index (χ2n) is 8.10. The summed E-state index contributed by atoms with van der Waals surface area (Å²) in [7, 11) is 0. The molecule has 0 aromatic heterocycles. The third kappa shape index (κ3) is 4.03. The minimum atomic E-state index is 0.660. The Bertz CT molecular complexity index is 751. The van der Waals surface area contributed by atoms with E-state index in [0.29, 0.717) is 11.8 Å². The van der Waals surface area contributed by atoms with E-state index in [1.807, 2.05) is 0 Å². The van der Waals surface area contributed by atoms with Gasteiger partial charge in [0.2, 0.25) is 0 Å². The molecule has 2 atom stereocenters. The summed E-state index contributed by atoms with van der Waals surface area (Å²) in [6.45, 7) is 2.28. The molecule has 1 nitrogen and oxygen atoms in total. The average Bonchev–Trinajstić information content (AvgIpc) is 2.71. The van der Waals surface area contributed by atoms with E-state index in [1.165, 1.54) is 43.5 Å². The molecule has 2 unspecified atom stereocenters. The lowest BCUT2D eigenvalue weighted by molar-refractivity contribution is 0.531. The molecule has 1 N–H and O–H groups in total. The zero-order valence-corrected chi connectivity index (χ0v) is 16.0. The van der Waals surface area contributed by atoms with Crippen LogP contribution in [-0.4, -0.2) is 0 Å². The van der Waals surface area contributed by atoms with E-state index in [2.05, 4.69) is 66.9 Å². The van der Waals surface area contributed by atoms with Gasteiger partial charge in [-0.1, -0.05) is 55.5 Å². The van der Waals surface area contributed by atoms with Gasteiger partial charge in [-0.3, -0.25) is 0 Å². The van der Waals surface area contributed by atoms with Crippen molar-refractivity contribution >= 4 is 0 Å². The first-order valence-corrected chi connectivity index (χ1v) is 10.4. The highest BCUT2D eigenvalue weighted by molar-refractivity contribution is 5.41. The van der Waals surface area contributed by atoms with Crippen LogP contribution in [0.1, 0.15) is 58.3 Å². The van der Waals surface area contributed by atoms with E-state index in [-0.39, 0.29) is 0 Å². The molecule has 26 heavy (non-hydrogen) atoms. The normalized spacial score (nSPS) is 28.6. The maximum absolute atomic E-state index is 3.78. The van der Waals surface area contributed by atoms with Gasteiger partial charge in [-0.25, -0.2) is 0 Å². The first-order chi connectivity index (χ1) is 12.8. The number of hydrogen-bond acceptors (Lipinski definition) is 1. The van der Waals surface area contributed by atoms with Crippen LogP contribution in [0.2, 0.25) is 0 Å². The lowest BCUT2D eigenvalue weighted by atomic mass is 9.77. The zero-order valence-electron chi connectivity index (χ0n) is 16.0. The van der Waals surface area contributed by atoms with Crippen LogP contribution in [0.25, 0.3) is 0 Å². The fraction of sp³-hybridized carbons (Fsp3) is 0.440. The molecule has 0 saturated carbocycles. The van der Waals surface area contributed by atoms with Crippen LogP contribution >= 0.6 is 0 Å². The van der Waals surface area contributed by atoms with Crippen LogP contribution in [0.4, 0.5) is 0 Å². The van der Waals surface area contributed by atoms with Gasteiger partial charge >= 0.3 is 0 Å². The average molecular weight is 346 g/mol. The highest BCUT2D eigenvalue weighted by Crippen LogP contribution is 2.38. The molecular weight excluding hydrogens is 314 g/mol. The third-order valence-electron chi connectivity index (χ3n) is 6.05. The van der Waals surface area contributed by atoms with Crippen LogP contribution in [0.5, 0.6) is 0 Å². The topological polar surface area (TPSA) is 12.0 Å². The first kappa shape index (κ1) is 17.4. The Morgan fingerprint density at radius 3 is 2.69 bits per heavy atom. The van der Waals surface area contributed by atoms with E-state index < -0.39 is 0 Å². The maximum Gasteiger partial charge on any atom is 0.0338 e. The van der Waals surface area contributed by atoms with E-state index in [0.717, 1.165) is 19.3 Å². The molecule has 0 aromatic rings. The monoisotopic (exact) mass is 345 g/mol. The molecule has 0 saturated heterocycles. The van der Waals surface area contributed by atoms with E-state index >= 15 is 0 Å². The molecule has 4 aliphatic rings. The van der Waals surface area contributed by atoms with Crippen molar-refractivity contribution in [3.05, 3.63) is 82.8 Å². The molecule has 0 aromatic carbocycles. The molecule has 0 aliphatic heterocycles. The zero-order chi connectivity index (χ0) is 17.8. The highest BCUT2D eigenvalue weighted by atomic mass is 14.9. The van der Waals surface area contributed by atoms with Crippen LogP contribution in [-0.2, 0) is 0 Å². The Kier molecular flexibility index (Phi) is 5.43. The second-order valence-corrected chi connectivity index (χ2v) is 8.10. The number of allylic oxidation sites excluding steroid dienone is 13. The largest absolute Gasteiger partial charge is 0.359 e. The highest BCUT2D eigenvalue weighted by Gasteiger charge is 2.24. The van der Waals surface area contributed by atoms with Crippen molar-refractivity contribution < 1.29 is 0 Å². The van der Waals surface area contributed by atoms with Gasteiger partial charge in [0, 0.05) is 11.4 Å². The molecule has 4 rings (SSSR count). The number of hydrogen-bond donors (Lipinski definition) is 1. The van der Waals surface area contributed by atoms with E-state index in [4.69, 9.17) is 0 Å². The summed E-state index contributed by atoms with van der Waals surface area (Å²) in [5, 5.41) is 3.78. The first-order valence-electron chi connectivity index (χ1n) is 10.4. The molecule has 0 amide bonds. The van der Waals surface area contributed by atoms with Gasteiger partial charge in [0.05, 0.1) is 0 Å². The Morgan fingerprint density at radius 1 is 0.962 bits per heavy atom. The molecule has 0 radical (unpaired) electrons. The minimum absolute atomic E-state index is 0.660. The summed E-state index contributed by atoms with van der Waals surface area (Å²) >= 11 is 0. The Labute approximate surface area is 158 Å². The maximum atomic E-state index is 3.78. The summed E-state index contributed by atoms with van der Waals surface area (Å²) in [6, 6.07) is 0. The molecule has 4 aliphatic carbocycles. The van der Waals surface area contributed by atoms with Gasteiger partial charge in [0.15, 0.2) is 0 Å². The Balaban J connectivity index is 1.52. The summed E-state index contributed by atoms with van der Waals surface area (Å²) < 4.78 is 0. The SMILES string of the molecule is CC1C=CC(NC2=C(C3CCC=C(C4=CC=CCC4)C3)C=CCC2)=CC1. The van der Waals surface area contributed by atoms with Gasteiger partial charge in [-0.15, -0.1) is 0 Å².